The molecule has 0 unspecified atom stereocenters. The normalized spacial score (nSPS) is 12.0. The van der Waals surface area contributed by atoms with Gasteiger partial charge < -0.3 is 9.97 Å². The quantitative estimate of drug-likeness (QED) is 0.425. The molecule has 0 atom stereocenters. The molecule has 5 aromatic rings. The maximum absolute atomic E-state index is 4.24. The predicted octanol–water partition coefficient (Wildman–Crippen LogP) is 4.35. The van der Waals surface area contributed by atoms with Crippen LogP contribution >= 0.6 is 0 Å². The molecule has 0 bridgehead atoms. The van der Waals surface area contributed by atoms with Crippen LogP contribution in [0.4, 0.5) is 0 Å². The highest BCUT2D eigenvalue weighted by Crippen LogP contribution is 2.32. The molecule has 0 spiro atoms. The molecule has 0 aliphatic heterocycles. The molecule has 0 amide bonds. The largest absolute Gasteiger partial charge is 0.354 e. The van der Waals surface area contributed by atoms with Gasteiger partial charge in [0.1, 0.15) is 0 Å². The van der Waals surface area contributed by atoms with Gasteiger partial charge in [-0.15, -0.1) is 0 Å². The number of para-hydroxylation sites is 1. The fourth-order valence-corrected chi connectivity index (χ4v) is 3.09. The van der Waals surface area contributed by atoms with E-state index >= 15 is 0 Å². The van der Waals surface area contributed by atoms with Gasteiger partial charge in [0, 0.05) is 56.0 Å². The Morgan fingerprint density at radius 1 is 0.650 bits per heavy atom. The lowest BCUT2D eigenvalue weighted by Crippen LogP contribution is -1.71. The first-order valence-electron chi connectivity index (χ1n) is 6.66. The minimum Gasteiger partial charge on any atom is -0.354 e. The number of nitrogens with one attached hydrogen (secondary N) is 2. The van der Waals surface area contributed by atoms with Crippen molar-refractivity contribution in [1.29, 1.82) is 0 Å². The number of rotatable bonds is 0. The Labute approximate surface area is 114 Å². The van der Waals surface area contributed by atoms with E-state index in [-0.39, 0.29) is 0 Å². The van der Waals surface area contributed by atoms with E-state index in [0.717, 1.165) is 11.0 Å². The number of nitrogens with zero attached hydrogens (tertiary/aromatic N) is 1. The van der Waals surface area contributed by atoms with Crippen LogP contribution in [0.2, 0.25) is 0 Å². The molecule has 0 saturated heterocycles. The number of hydrogen-bond donors (Lipinski definition) is 2. The predicted molar refractivity (Wildman–Crippen MR) is 83.0 cm³/mol. The van der Waals surface area contributed by atoms with Crippen molar-refractivity contribution in [3.05, 3.63) is 54.9 Å². The lowest BCUT2D eigenvalue weighted by molar-refractivity contribution is 1.36. The summed E-state index contributed by atoms with van der Waals surface area (Å²) in [5.74, 6) is 0. The third-order valence-electron chi connectivity index (χ3n) is 4.02. The first-order valence-corrected chi connectivity index (χ1v) is 6.66. The first kappa shape index (κ1) is 10.0. The van der Waals surface area contributed by atoms with Crippen molar-refractivity contribution in [2.24, 2.45) is 0 Å². The van der Waals surface area contributed by atoms with Crippen LogP contribution in [-0.4, -0.2) is 15.0 Å². The molecule has 0 fully saturated rings. The van der Waals surface area contributed by atoms with Crippen molar-refractivity contribution in [1.82, 2.24) is 15.0 Å². The van der Waals surface area contributed by atoms with Crippen molar-refractivity contribution in [3.63, 3.8) is 0 Å². The van der Waals surface area contributed by atoms with E-state index in [1.807, 2.05) is 18.5 Å². The van der Waals surface area contributed by atoms with E-state index < -0.39 is 0 Å². The summed E-state index contributed by atoms with van der Waals surface area (Å²) in [5.41, 5.74) is 4.62. The third-order valence-corrected chi connectivity index (χ3v) is 4.02. The molecule has 0 saturated carbocycles. The van der Waals surface area contributed by atoms with Gasteiger partial charge in [-0.25, -0.2) is 0 Å². The highest BCUT2D eigenvalue weighted by Gasteiger charge is 2.09. The summed E-state index contributed by atoms with van der Waals surface area (Å²) in [7, 11) is 0. The van der Waals surface area contributed by atoms with Crippen molar-refractivity contribution < 1.29 is 0 Å². The molecule has 3 heteroatoms. The standard InChI is InChI=1S/C17H11N3/c1-2-4-14-10(3-1)11-7-12-13-9-18-6-5-15(13)20-17(12)8-16(11)19-14/h1-9,19-20H. The smallest absolute Gasteiger partial charge is 0.0495 e. The van der Waals surface area contributed by atoms with Crippen molar-refractivity contribution in [2.75, 3.05) is 0 Å². The summed E-state index contributed by atoms with van der Waals surface area (Å²) in [5, 5.41) is 4.93. The van der Waals surface area contributed by atoms with Gasteiger partial charge in [0.2, 0.25) is 0 Å². The highest BCUT2D eigenvalue weighted by atomic mass is 14.7. The van der Waals surface area contributed by atoms with E-state index in [1.165, 1.54) is 32.6 Å². The average Bonchev–Trinajstić information content (AvgIpc) is 3.02. The van der Waals surface area contributed by atoms with Crippen LogP contribution in [0.15, 0.2) is 54.9 Å². The monoisotopic (exact) mass is 257 g/mol. The SMILES string of the molecule is c1ccc2c(c1)[nH]c1cc3[nH]c4ccncc4c3cc12. The molecule has 3 aromatic heterocycles. The lowest BCUT2D eigenvalue weighted by Gasteiger charge is -1.93. The lowest BCUT2D eigenvalue weighted by atomic mass is 10.1. The second-order valence-corrected chi connectivity index (χ2v) is 5.16. The van der Waals surface area contributed by atoms with E-state index in [1.54, 1.807) is 0 Å². The van der Waals surface area contributed by atoms with Crippen LogP contribution < -0.4 is 0 Å². The Balaban J connectivity index is 2.06. The number of benzene rings is 2. The minimum atomic E-state index is 1.13. The minimum absolute atomic E-state index is 1.13. The van der Waals surface area contributed by atoms with Gasteiger partial charge in [0.05, 0.1) is 0 Å². The highest BCUT2D eigenvalue weighted by molar-refractivity contribution is 6.17. The van der Waals surface area contributed by atoms with Gasteiger partial charge in [0.15, 0.2) is 0 Å². The zero-order chi connectivity index (χ0) is 13.1. The first-order chi connectivity index (χ1) is 9.90. The molecule has 0 aliphatic rings. The molecular formula is C17H11N3. The molecule has 5 rings (SSSR count). The molecule has 0 aliphatic carbocycles. The van der Waals surface area contributed by atoms with Gasteiger partial charge in [-0.1, -0.05) is 18.2 Å². The second kappa shape index (κ2) is 3.39. The van der Waals surface area contributed by atoms with Crippen LogP contribution in [0, 0.1) is 0 Å². The van der Waals surface area contributed by atoms with E-state index in [2.05, 4.69) is 51.4 Å². The van der Waals surface area contributed by atoms with Crippen molar-refractivity contribution in [3.8, 4) is 0 Å². The van der Waals surface area contributed by atoms with Crippen LogP contribution in [0.25, 0.3) is 43.6 Å². The maximum atomic E-state index is 4.24. The molecule has 0 radical (unpaired) electrons. The second-order valence-electron chi connectivity index (χ2n) is 5.16. The summed E-state index contributed by atoms with van der Waals surface area (Å²) in [6, 6.07) is 14.9. The molecule has 2 aromatic carbocycles. The van der Waals surface area contributed by atoms with E-state index in [9.17, 15) is 0 Å². The number of hydrogen-bond acceptors (Lipinski definition) is 1. The van der Waals surface area contributed by atoms with Gasteiger partial charge >= 0.3 is 0 Å². The Kier molecular flexibility index (Phi) is 1.70. The third kappa shape index (κ3) is 1.17. The Hall–Kier alpha value is -2.81. The summed E-state index contributed by atoms with van der Waals surface area (Å²) >= 11 is 0. The summed E-state index contributed by atoms with van der Waals surface area (Å²) in [6.07, 6.45) is 3.74. The number of H-pyrrole nitrogens is 2. The van der Waals surface area contributed by atoms with Gasteiger partial charge in [-0.2, -0.15) is 0 Å². The fraction of sp³-hybridized carbons (Fsp3) is 0. The Morgan fingerprint density at radius 3 is 2.30 bits per heavy atom. The summed E-state index contributed by atoms with van der Waals surface area (Å²) in [6.45, 7) is 0. The maximum Gasteiger partial charge on any atom is 0.0495 e. The van der Waals surface area contributed by atoms with Crippen molar-refractivity contribution in [2.45, 2.75) is 0 Å². The van der Waals surface area contributed by atoms with Gasteiger partial charge in [0.25, 0.3) is 0 Å². The molecule has 94 valence electrons. The van der Waals surface area contributed by atoms with Crippen LogP contribution in [-0.2, 0) is 0 Å². The Bertz CT molecular complexity index is 1010. The van der Waals surface area contributed by atoms with Crippen molar-refractivity contribution >= 4 is 43.6 Å². The molecule has 3 nitrogen and oxygen atoms in total. The average molecular weight is 257 g/mol. The van der Waals surface area contributed by atoms with Crippen LogP contribution in [0.1, 0.15) is 0 Å². The molecule has 20 heavy (non-hydrogen) atoms. The van der Waals surface area contributed by atoms with Gasteiger partial charge in [-0.05, 0) is 24.3 Å². The van der Waals surface area contributed by atoms with Gasteiger partial charge in [-0.3, -0.25) is 4.98 Å². The summed E-state index contributed by atoms with van der Waals surface area (Å²) in [4.78, 5) is 11.2. The van der Waals surface area contributed by atoms with Crippen LogP contribution in [0.5, 0.6) is 0 Å². The summed E-state index contributed by atoms with van der Waals surface area (Å²) < 4.78 is 0. The fourth-order valence-electron chi connectivity index (χ4n) is 3.09. The van der Waals surface area contributed by atoms with E-state index in [0.29, 0.717) is 0 Å². The van der Waals surface area contributed by atoms with Crippen LogP contribution in [0.3, 0.4) is 0 Å². The molecule has 3 heterocycles. The topological polar surface area (TPSA) is 44.5 Å². The number of aromatic amines is 2. The number of aromatic nitrogens is 3. The number of pyridine rings is 1. The Morgan fingerprint density at radius 2 is 1.40 bits per heavy atom. The zero-order valence-electron chi connectivity index (χ0n) is 10.6. The molecular weight excluding hydrogens is 246 g/mol. The zero-order valence-corrected chi connectivity index (χ0v) is 10.6. The molecule has 2 N–H and O–H groups in total. The van der Waals surface area contributed by atoms with E-state index in [4.69, 9.17) is 0 Å². The number of fused-ring (bicyclic) bond motifs is 6.